The zero-order valence-corrected chi connectivity index (χ0v) is 7.95. The molecule has 0 bridgehead atoms. The minimum Gasteiger partial charge on any atom is -0.275 e. The van der Waals surface area contributed by atoms with Crippen LogP contribution in [0.3, 0.4) is 0 Å². The normalized spacial score (nSPS) is 10.9. The summed E-state index contributed by atoms with van der Waals surface area (Å²) in [6.45, 7) is 0. The average molecular weight is 202 g/mol. The van der Waals surface area contributed by atoms with Crippen molar-refractivity contribution in [3.05, 3.63) is 29.2 Å². The Bertz CT molecular complexity index is 555. The molecule has 0 radical (unpaired) electrons. The Morgan fingerprint density at radius 2 is 2.29 bits per heavy atom. The van der Waals surface area contributed by atoms with Crippen molar-refractivity contribution in [3.8, 4) is 11.4 Å². The van der Waals surface area contributed by atoms with Crippen LogP contribution in [0.1, 0.15) is 0 Å². The van der Waals surface area contributed by atoms with Crippen molar-refractivity contribution in [2.75, 3.05) is 0 Å². The molecule has 0 aliphatic carbocycles. The summed E-state index contributed by atoms with van der Waals surface area (Å²) in [4.78, 5) is 8.63. The lowest BCUT2D eigenvalue weighted by Crippen LogP contribution is -1.86. The number of rotatable bonds is 1. The maximum atomic E-state index is 4.38. The molecule has 1 N–H and O–H groups in total. The van der Waals surface area contributed by atoms with Gasteiger partial charge in [0.15, 0.2) is 5.82 Å². The highest BCUT2D eigenvalue weighted by Gasteiger charge is 2.03. The molecule has 0 unspecified atom stereocenters. The van der Waals surface area contributed by atoms with Crippen LogP contribution in [0.15, 0.2) is 29.2 Å². The van der Waals surface area contributed by atoms with Gasteiger partial charge in [-0.25, -0.2) is 9.97 Å². The topological polar surface area (TPSA) is 54.5 Å². The van der Waals surface area contributed by atoms with Gasteiger partial charge in [0.1, 0.15) is 11.0 Å². The van der Waals surface area contributed by atoms with Crippen LogP contribution in [0.2, 0.25) is 0 Å². The molecule has 0 aliphatic heterocycles. The largest absolute Gasteiger partial charge is 0.275 e. The van der Waals surface area contributed by atoms with E-state index in [1.54, 1.807) is 23.7 Å². The zero-order valence-electron chi connectivity index (χ0n) is 7.14. The van der Waals surface area contributed by atoms with Gasteiger partial charge in [-0.05, 0) is 11.4 Å². The third kappa shape index (κ3) is 1.10. The molecule has 3 rings (SSSR count). The Balaban J connectivity index is 2.23. The van der Waals surface area contributed by atoms with Crippen molar-refractivity contribution in [3.63, 3.8) is 0 Å². The second-order valence-electron chi connectivity index (χ2n) is 2.87. The molecule has 4 nitrogen and oxygen atoms in total. The lowest BCUT2D eigenvalue weighted by molar-refractivity contribution is 1.11. The molecule has 0 spiro atoms. The van der Waals surface area contributed by atoms with E-state index in [0.29, 0.717) is 0 Å². The summed E-state index contributed by atoms with van der Waals surface area (Å²) in [6, 6.07) is 2.01. The standard InChI is InChI=1S/C9H6N4S/c1-2-14-5-6(1)9-10-3-8-7(12-9)4-11-13-8/h1-5H,(H,11,13). The highest BCUT2D eigenvalue weighted by atomic mass is 32.1. The van der Waals surface area contributed by atoms with E-state index in [2.05, 4.69) is 20.2 Å². The third-order valence-electron chi connectivity index (χ3n) is 1.97. The second-order valence-corrected chi connectivity index (χ2v) is 3.65. The van der Waals surface area contributed by atoms with Crippen molar-refractivity contribution < 1.29 is 0 Å². The lowest BCUT2D eigenvalue weighted by atomic mass is 10.3. The van der Waals surface area contributed by atoms with Gasteiger partial charge in [0.05, 0.1) is 12.4 Å². The van der Waals surface area contributed by atoms with E-state index < -0.39 is 0 Å². The molecular formula is C9H6N4S. The molecule has 0 saturated heterocycles. The molecule has 0 amide bonds. The van der Waals surface area contributed by atoms with Crippen molar-refractivity contribution in [1.29, 1.82) is 0 Å². The molecule has 3 aromatic rings. The number of aromatic amines is 1. The van der Waals surface area contributed by atoms with E-state index >= 15 is 0 Å². The van der Waals surface area contributed by atoms with Gasteiger partial charge in [-0.3, -0.25) is 5.10 Å². The summed E-state index contributed by atoms with van der Waals surface area (Å²) in [7, 11) is 0. The first kappa shape index (κ1) is 7.64. The van der Waals surface area contributed by atoms with Crippen LogP contribution in [0.4, 0.5) is 0 Å². The molecule has 3 heterocycles. The molecule has 0 aromatic carbocycles. The quantitative estimate of drug-likeness (QED) is 0.657. The fraction of sp³-hybridized carbons (Fsp3) is 0. The SMILES string of the molecule is c1cc(-c2ncc3[nH]ncc3n2)cs1. The number of H-pyrrole nitrogens is 1. The van der Waals surface area contributed by atoms with E-state index in [9.17, 15) is 0 Å². The summed E-state index contributed by atoms with van der Waals surface area (Å²) in [6.07, 6.45) is 3.45. The maximum Gasteiger partial charge on any atom is 0.160 e. The van der Waals surface area contributed by atoms with Crippen LogP contribution in [-0.2, 0) is 0 Å². The highest BCUT2D eigenvalue weighted by molar-refractivity contribution is 7.08. The van der Waals surface area contributed by atoms with Gasteiger partial charge < -0.3 is 0 Å². The Morgan fingerprint density at radius 1 is 1.29 bits per heavy atom. The molecule has 0 saturated carbocycles. The Labute approximate surface area is 83.6 Å². The number of aromatic nitrogens is 4. The first-order chi connectivity index (χ1) is 6.93. The fourth-order valence-electron chi connectivity index (χ4n) is 1.27. The number of fused-ring (bicyclic) bond motifs is 1. The Hall–Kier alpha value is -1.75. The molecule has 14 heavy (non-hydrogen) atoms. The molecule has 68 valence electrons. The van der Waals surface area contributed by atoms with E-state index in [0.717, 1.165) is 22.4 Å². The van der Waals surface area contributed by atoms with Crippen LogP contribution < -0.4 is 0 Å². The van der Waals surface area contributed by atoms with Gasteiger partial charge in [-0.15, -0.1) is 0 Å². The molecule has 0 aliphatic rings. The summed E-state index contributed by atoms with van der Waals surface area (Å²) in [5.74, 6) is 0.750. The van der Waals surface area contributed by atoms with Gasteiger partial charge >= 0.3 is 0 Å². The van der Waals surface area contributed by atoms with Crippen LogP contribution >= 0.6 is 11.3 Å². The van der Waals surface area contributed by atoms with E-state index in [-0.39, 0.29) is 0 Å². The van der Waals surface area contributed by atoms with Gasteiger partial charge in [-0.1, -0.05) is 0 Å². The first-order valence-corrected chi connectivity index (χ1v) is 5.06. The predicted octanol–water partition coefficient (Wildman–Crippen LogP) is 2.08. The maximum absolute atomic E-state index is 4.38. The monoisotopic (exact) mass is 202 g/mol. The molecule has 0 fully saturated rings. The highest BCUT2D eigenvalue weighted by Crippen LogP contribution is 2.19. The van der Waals surface area contributed by atoms with Crippen molar-refractivity contribution >= 4 is 22.4 Å². The number of hydrogen-bond acceptors (Lipinski definition) is 4. The summed E-state index contributed by atoms with van der Waals surface area (Å²) < 4.78 is 0. The van der Waals surface area contributed by atoms with Crippen molar-refractivity contribution in [2.24, 2.45) is 0 Å². The molecule has 0 atom stereocenters. The average Bonchev–Trinajstić information content (AvgIpc) is 2.88. The third-order valence-corrected chi connectivity index (χ3v) is 2.65. The van der Waals surface area contributed by atoms with Gasteiger partial charge in [0, 0.05) is 10.9 Å². The number of nitrogens with zero attached hydrogens (tertiary/aromatic N) is 3. The van der Waals surface area contributed by atoms with Crippen LogP contribution in [0.5, 0.6) is 0 Å². The van der Waals surface area contributed by atoms with Gasteiger partial charge in [-0.2, -0.15) is 16.4 Å². The van der Waals surface area contributed by atoms with Crippen LogP contribution in [0, 0.1) is 0 Å². The zero-order chi connectivity index (χ0) is 9.38. The van der Waals surface area contributed by atoms with Crippen LogP contribution in [0.25, 0.3) is 22.4 Å². The number of thiophene rings is 1. The van der Waals surface area contributed by atoms with Crippen molar-refractivity contribution in [2.45, 2.75) is 0 Å². The van der Waals surface area contributed by atoms with Gasteiger partial charge in [0.2, 0.25) is 0 Å². The summed E-state index contributed by atoms with van der Waals surface area (Å²) >= 11 is 1.64. The van der Waals surface area contributed by atoms with Crippen molar-refractivity contribution in [1.82, 2.24) is 20.2 Å². The minimum absolute atomic E-state index is 0.750. The van der Waals surface area contributed by atoms with Crippen LogP contribution in [-0.4, -0.2) is 20.2 Å². The lowest BCUT2D eigenvalue weighted by Gasteiger charge is -1.94. The molecule has 5 heteroatoms. The first-order valence-electron chi connectivity index (χ1n) is 4.12. The summed E-state index contributed by atoms with van der Waals surface area (Å²) in [5.41, 5.74) is 2.77. The molecule has 3 aromatic heterocycles. The summed E-state index contributed by atoms with van der Waals surface area (Å²) in [5, 5.41) is 10.8. The minimum atomic E-state index is 0.750. The van der Waals surface area contributed by atoms with Gasteiger partial charge in [0.25, 0.3) is 0 Å². The van der Waals surface area contributed by atoms with E-state index in [1.807, 2.05) is 16.8 Å². The Morgan fingerprint density at radius 3 is 3.14 bits per heavy atom. The predicted molar refractivity (Wildman–Crippen MR) is 55.0 cm³/mol. The Kier molecular flexibility index (Phi) is 1.57. The smallest absolute Gasteiger partial charge is 0.160 e. The second kappa shape index (κ2) is 2.88. The fourth-order valence-corrected chi connectivity index (χ4v) is 1.91. The van der Waals surface area contributed by atoms with E-state index in [4.69, 9.17) is 0 Å². The number of hydrogen-bond donors (Lipinski definition) is 1. The molecular weight excluding hydrogens is 196 g/mol. The van der Waals surface area contributed by atoms with E-state index in [1.165, 1.54) is 0 Å². The number of nitrogens with one attached hydrogen (secondary N) is 1.